The lowest BCUT2D eigenvalue weighted by molar-refractivity contribution is -0.386. The van der Waals surface area contributed by atoms with Gasteiger partial charge in [-0.25, -0.2) is 0 Å². The molecule has 1 aromatic carbocycles. The molecule has 0 saturated heterocycles. The summed E-state index contributed by atoms with van der Waals surface area (Å²) in [5.74, 6) is -0.937. The molecule has 1 aromatic heterocycles. The summed E-state index contributed by atoms with van der Waals surface area (Å²) < 4.78 is 5.94. The molecule has 0 spiro atoms. The third kappa shape index (κ3) is 4.44. The number of carbonyl (C=O) groups excluding carboxylic acids is 2. The lowest BCUT2D eigenvalue weighted by Gasteiger charge is -2.21. The molecule has 0 atom stereocenters. The van der Waals surface area contributed by atoms with E-state index in [9.17, 15) is 19.7 Å². The van der Waals surface area contributed by atoms with Gasteiger partial charge in [0.15, 0.2) is 0 Å². The van der Waals surface area contributed by atoms with Gasteiger partial charge in [0.25, 0.3) is 0 Å². The van der Waals surface area contributed by atoms with E-state index in [1.807, 2.05) is 30.3 Å². The molecule has 0 unspecified atom stereocenters. The maximum Gasteiger partial charge on any atom is 0.325 e. The third-order valence-electron chi connectivity index (χ3n) is 3.93. The average molecular weight is 360 g/mol. The highest BCUT2D eigenvalue weighted by Gasteiger charge is 2.25. The Morgan fingerprint density at radius 3 is 2.46 bits per heavy atom. The number of amides is 1. The van der Waals surface area contributed by atoms with Crippen molar-refractivity contribution in [1.82, 2.24) is 14.7 Å². The molecule has 9 nitrogen and oxygen atoms in total. The molecule has 2 aromatic rings. The van der Waals surface area contributed by atoms with Crippen LogP contribution in [0.25, 0.3) is 0 Å². The standard InChI is InChI=1S/C17H20N4O5/c1-12-17(21(24)25)13(2)20(18-12)10-15(22)19(11-16(23)26-3)9-14-7-5-4-6-8-14/h4-8H,9-11H2,1-3H3. The van der Waals surface area contributed by atoms with Crippen LogP contribution >= 0.6 is 0 Å². The molecule has 26 heavy (non-hydrogen) atoms. The second kappa shape index (κ2) is 8.24. The zero-order chi connectivity index (χ0) is 19.3. The van der Waals surface area contributed by atoms with E-state index in [4.69, 9.17) is 0 Å². The van der Waals surface area contributed by atoms with E-state index in [1.165, 1.54) is 30.5 Å². The van der Waals surface area contributed by atoms with Gasteiger partial charge in [0.1, 0.15) is 24.5 Å². The monoisotopic (exact) mass is 360 g/mol. The highest BCUT2D eigenvalue weighted by molar-refractivity contribution is 5.82. The van der Waals surface area contributed by atoms with E-state index in [-0.39, 0.29) is 36.9 Å². The number of hydrogen-bond donors (Lipinski definition) is 0. The first-order valence-corrected chi connectivity index (χ1v) is 7.90. The second-order valence-corrected chi connectivity index (χ2v) is 5.75. The van der Waals surface area contributed by atoms with Crippen LogP contribution in [0, 0.1) is 24.0 Å². The Kier molecular flexibility index (Phi) is 6.05. The molecule has 9 heteroatoms. The van der Waals surface area contributed by atoms with Crippen LogP contribution in [0.15, 0.2) is 30.3 Å². The number of methoxy groups -OCH3 is 1. The number of ether oxygens (including phenoxy) is 1. The molecule has 0 aliphatic heterocycles. The number of carbonyl (C=O) groups is 2. The fraction of sp³-hybridized carbons (Fsp3) is 0.353. The molecule has 0 N–H and O–H groups in total. The Morgan fingerprint density at radius 2 is 1.92 bits per heavy atom. The molecular weight excluding hydrogens is 340 g/mol. The van der Waals surface area contributed by atoms with Crippen LogP contribution < -0.4 is 0 Å². The van der Waals surface area contributed by atoms with Gasteiger partial charge in [0.05, 0.1) is 12.0 Å². The Bertz CT molecular complexity index is 816. The largest absolute Gasteiger partial charge is 0.468 e. The molecule has 0 fully saturated rings. The maximum absolute atomic E-state index is 12.7. The van der Waals surface area contributed by atoms with Gasteiger partial charge in [-0.15, -0.1) is 0 Å². The van der Waals surface area contributed by atoms with E-state index >= 15 is 0 Å². The van der Waals surface area contributed by atoms with Gasteiger partial charge in [-0.05, 0) is 19.4 Å². The molecule has 0 saturated carbocycles. The molecule has 0 bridgehead atoms. The highest BCUT2D eigenvalue weighted by atomic mass is 16.6. The van der Waals surface area contributed by atoms with E-state index < -0.39 is 10.9 Å². The van der Waals surface area contributed by atoms with Crippen molar-refractivity contribution in [3.63, 3.8) is 0 Å². The lowest BCUT2D eigenvalue weighted by Crippen LogP contribution is -2.38. The van der Waals surface area contributed by atoms with E-state index in [2.05, 4.69) is 9.84 Å². The summed E-state index contributed by atoms with van der Waals surface area (Å²) in [6.45, 7) is 2.85. The summed E-state index contributed by atoms with van der Waals surface area (Å²) in [5, 5.41) is 15.2. The Morgan fingerprint density at radius 1 is 1.27 bits per heavy atom. The third-order valence-corrected chi connectivity index (χ3v) is 3.93. The predicted molar refractivity (Wildman–Crippen MR) is 92.2 cm³/mol. The summed E-state index contributed by atoms with van der Waals surface area (Å²) >= 11 is 0. The normalized spacial score (nSPS) is 10.4. The molecule has 0 aliphatic carbocycles. The summed E-state index contributed by atoms with van der Waals surface area (Å²) in [5.41, 5.74) is 1.27. The predicted octanol–water partition coefficient (Wildman–Crippen LogP) is 1.61. The zero-order valence-electron chi connectivity index (χ0n) is 14.8. The van der Waals surface area contributed by atoms with Crippen molar-refractivity contribution in [2.45, 2.75) is 26.9 Å². The number of aryl methyl sites for hydroxylation is 1. The minimum Gasteiger partial charge on any atom is -0.468 e. The first-order valence-electron chi connectivity index (χ1n) is 7.90. The number of nitro groups is 1. The van der Waals surface area contributed by atoms with E-state index in [0.717, 1.165) is 5.56 Å². The summed E-state index contributed by atoms with van der Waals surface area (Å²) in [7, 11) is 1.25. The van der Waals surface area contributed by atoms with Gasteiger partial charge in [-0.2, -0.15) is 5.10 Å². The quantitative estimate of drug-likeness (QED) is 0.422. The van der Waals surface area contributed by atoms with Gasteiger partial charge in [0.2, 0.25) is 5.91 Å². The van der Waals surface area contributed by atoms with Crippen LogP contribution in [0.1, 0.15) is 17.0 Å². The molecular formula is C17H20N4O5. The van der Waals surface area contributed by atoms with Crippen molar-refractivity contribution in [3.8, 4) is 0 Å². The number of aromatic nitrogens is 2. The fourth-order valence-corrected chi connectivity index (χ4v) is 2.59. The van der Waals surface area contributed by atoms with Gasteiger partial charge in [0, 0.05) is 6.54 Å². The van der Waals surface area contributed by atoms with Crippen molar-refractivity contribution >= 4 is 17.6 Å². The van der Waals surface area contributed by atoms with Crippen LogP contribution in [-0.4, -0.2) is 45.1 Å². The Labute approximate surface area is 150 Å². The molecule has 138 valence electrons. The minimum absolute atomic E-state index is 0.111. The van der Waals surface area contributed by atoms with Gasteiger partial charge in [-0.1, -0.05) is 30.3 Å². The molecule has 0 radical (unpaired) electrons. The number of esters is 1. The Hall–Kier alpha value is -3.23. The smallest absolute Gasteiger partial charge is 0.325 e. The van der Waals surface area contributed by atoms with Crippen LogP contribution in [0.4, 0.5) is 5.69 Å². The van der Waals surface area contributed by atoms with Crippen LogP contribution in [-0.2, 0) is 27.4 Å². The fourth-order valence-electron chi connectivity index (χ4n) is 2.59. The number of hydrogen-bond acceptors (Lipinski definition) is 6. The number of benzene rings is 1. The first kappa shape index (κ1) is 19.1. The van der Waals surface area contributed by atoms with Crippen LogP contribution in [0.3, 0.4) is 0 Å². The SMILES string of the molecule is COC(=O)CN(Cc1ccccc1)C(=O)Cn1nc(C)c([N+](=O)[O-])c1C. The molecule has 1 amide bonds. The highest BCUT2D eigenvalue weighted by Crippen LogP contribution is 2.21. The summed E-state index contributed by atoms with van der Waals surface area (Å²) in [6, 6.07) is 9.20. The van der Waals surface area contributed by atoms with Gasteiger partial charge in [-0.3, -0.25) is 24.4 Å². The van der Waals surface area contributed by atoms with Crippen molar-refractivity contribution in [2.24, 2.45) is 0 Å². The Balaban J connectivity index is 2.22. The van der Waals surface area contributed by atoms with Crippen LogP contribution in [0.5, 0.6) is 0 Å². The van der Waals surface area contributed by atoms with E-state index in [0.29, 0.717) is 5.69 Å². The molecule has 1 heterocycles. The summed E-state index contributed by atoms with van der Waals surface area (Å²) in [6.07, 6.45) is 0. The number of nitrogens with zero attached hydrogens (tertiary/aromatic N) is 4. The van der Waals surface area contributed by atoms with Gasteiger partial charge < -0.3 is 9.64 Å². The van der Waals surface area contributed by atoms with Crippen molar-refractivity contribution in [3.05, 3.63) is 57.4 Å². The number of rotatable bonds is 7. The van der Waals surface area contributed by atoms with Crippen molar-refractivity contribution < 1.29 is 19.2 Å². The lowest BCUT2D eigenvalue weighted by atomic mass is 10.2. The minimum atomic E-state index is -0.548. The topological polar surface area (TPSA) is 108 Å². The van der Waals surface area contributed by atoms with Crippen molar-refractivity contribution in [2.75, 3.05) is 13.7 Å². The maximum atomic E-state index is 12.7. The zero-order valence-corrected chi connectivity index (χ0v) is 14.8. The molecule has 0 aliphatic rings. The van der Waals surface area contributed by atoms with Gasteiger partial charge >= 0.3 is 11.7 Å². The van der Waals surface area contributed by atoms with Crippen molar-refractivity contribution in [1.29, 1.82) is 0 Å². The van der Waals surface area contributed by atoms with E-state index in [1.54, 1.807) is 0 Å². The average Bonchev–Trinajstić information content (AvgIpc) is 2.88. The second-order valence-electron chi connectivity index (χ2n) is 5.75. The summed E-state index contributed by atoms with van der Waals surface area (Å²) in [4.78, 5) is 36.3. The van der Waals surface area contributed by atoms with Crippen LogP contribution in [0.2, 0.25) is 0 Å². The first-order chi connectivity index (χ1) is 12.3. The molecule has 2 rings (SSSR count).